The molecular weight excluding hydrogens is 264 g/mol. The van der Waals surface area contributed by atoms with Crippen LogP contribution in [0.5, 0.6) is 5.75 Å². The fraction of sp³-hybridized carbons (Fsp3) is 0.529. The number of fused-ring (bicyclic) bond motifs is 1. The van der Waals surface area contributed by atoms with Crippen molar-refractivity contribution < 1.29 is 14.7 Å². The van der Waals surface area contributed by atoms with Crippen molar-refractivity contribution in [3.63, 3.8) is 0 Å². The average Bonchev–Trinajstić information content (AvgIpc) is 2.90. The predicted molar refractivity (Wildman–Crippen MR) is 83.8 cm³/mol. The maximum absolute atomic E-state index is 10.6. The number of H-pyrrole nitrogens is 1. The summed E-state index contributed by atoms with van der Waals surface area (Å²) < 4.78 is 5.29. The zero-order valence-electron chi connectivity index (χ0n) is 12.9. The number of methoxy groups -OCH3 is 1. The van der Waals surface area contributed by atoms with Crippen LogP contribution in [0.3, 0.4) is 0 Å². The van der Waals surface area contributed by atoms with Crippen molar-refractivity contribution in [1.82, 2.24) is 4.98 Å². The third-order valence-electron chi connectivity index (χ3n) is 4.63. The number of hydrogen-bond acceptors (Lipinski definition) is 2. The quantitative estimate of drug-likeness (QED) is 0.799. The van der Waals surface area contributed by atoms with Crippen LogP contribution >= 0.6 is 0 Å². The summed E-state index contributed by atoms with van der Waals surface area (Å²) in [7, 11) is 1.67. The van der Waals surface area contributed by atoms with E-state index in [4.69, 9.17) is 4.74 Å². The summed E-state index contributed by atoms with van der Waals surface area (Å²) in [4.78, 5) is 4.75. The minimum absolute atomic E-state index is 0.425. The second-order valence-corrected chi connectivity index (χ2v) is 6.33. The Balaban J connectivity index is 1.79. The first kappa shape index (κ1) is 14.4. The van der Waals surface area contributed by atoms with Gasteiger partial charge in [0.1, 0.15) is 18.4 Å². The minimum Gasteiger partial charge on any atom is -0.497 e. The van der Waals surface area contributed by atoms with E-state index in [-0.39, 0.29) is 0 Å². The van der Waals surface area contributed by atoms with E-state index in [0.29, 0.717) is 0 Å². The Morgan fingerprint density at radius 2 is 2.33 bits per heavy atom. The van der Waals surface area contributed by atoms with E-state index < -0.39 is 6.10 Å². The van der Waals surface area contributed by atoms with E-state index in [1.165, 1.54) is 30.8 Å². The van der Waals surface area contributed by atoms with Gasteiger partial charge in [-0.1, -0.05) is 6.92 Å². The SMILES string of the molecule is COc1ccc2[nH]cc([C@@H](O)C[NH+]3CCC[C@H](C)C3)c2c1. The number of aliphatic hydroxyl groups is 1. The lowest BCUT2D eigenvalue weighted by atomic mass is 9.99. The lowest BCUT2D eigenvalue weighted by Crippen LogP contribution is -3.14. The Labute approximate surface area is 125 Å². The maximum Gasteiger partial charge on any atom is 0.130 e. The number of rotatable bonds is 4. The lowest BCUT2D eigenvalue weighted by Gasteiger charge is -2.29. The number of aromatic amines is 1. The molecular formula is C17H25N2O2+. The molecule has 21 heavy (non-hydrogen) atoms. The average molecular weight is 289 g/mol. The van der Waals surface area contributed by atoms with Gasteiger partial charge < -0.3 is 19.7 Å². The number of nitrogens with one attached hydrogen (secondary N) is 2. The van der Waals surface area contributed by atoms with Crippen LogP contribution in [0.1, 0.15) is 31.4 Å². The Bertz CT molecular complexity index is 608. The largest absolute Gasteiger partial charge is 0.497 e. The number of quaternary nitrogens is 1. The molecule has 0 bridgehead atoms. The fourth-order valence-electron chi connectivity index (χ4n) is 3.49. The second kappa shape index (κ2) is 6.08. The molecule has 1 aromatic carbocycles. The van der Waals surface area contributed by atoms with Crippen molar-refractivity contribution in [2.75, 3.05) is 26.7 Å². The van der Waals surface area contributed by atoms with Crippen LogP contribution in [-0.4, -0.2) is 36.8 Å². The fourth-order valence-corrected chi connectivity index (χ4v) is 3.49. The van der Waals surface area contributed by atoms with Crippen LogP contribution in [-0.2, 0) is 0 Å². The summed E-state index contributed by atoms with van der Waals surface area (Å²) in [5, 5.41) is 11.7. The molecule has 0 amide bonds. The molecule has 2 aromatic rings. The molecule has 1 aliphatic rings. The van der Waals surface area contributed by atoms with E-state index in [1.807, 2.05) is 24.4 Å². The number of hydrogen-bond donors (Lipinski definition) is 3. The van der Waals surface area contributed by atoms with E-state index in [0.717, 1.165) is 34.7 Å². The van der Waals surface area contributed by atoms with Crippen molar-refractivity contribution in [2.24, 2.45) is 5.92 Å². The molecule has 1 fully saturated rings. The molecule has 114 valence electrons. The molecule has 2 heterocycles. The highest BCUT2D eigenvalue weighted by atomic mass is 16.5. The number of aliphatic hydroxyl groups excluding tert-OH is 1. The van der Waals surface area contributed by atoms with Gasteiger partial charge in [0.15, 0.2) is 0 Å². The second-order valence-electron chi connectivity index (χ2n) is 6.33. The van der Waals surface area contributed by atoms with Gasteiger partial charge in [0, 0.05) is 28.6 Å². The monoisotopic (exact) mass is 289 g/mol. The van der Waals surface area contributed by atoms with Gasteiger partial charge in [0.2, 0.25) is 0 Å². The standard InChI is InChI=1S/C17H24N2O2/c1-12-4-3-7-19(10-12)11-17(20)15-9-18-16-6-5-13(21-2)8-14(15)16/h5-6,8-9,12,17-18,20H,3-4,7,10-11H2,1-2H3/p+1/t12-,17-/m0/s1. The van der Waals surface area contributed by atoms with Crippen LogP contribution in [0.15, 0.2) is 24.4 Å². The molecule has 3 N–H and O–H groups in total. The van der Waals surface area contributed by atoms with Gasteiger partial charge in [-0.2, -0.15) is 0 Å². The summed E-state index contributed by atoms with van der Waals surface area (Å²) in [5.41, 5.74) is 2.03. The van der Waals surface area contributed by atoms with Crippen molar-refractivity contribution in [3.05, 3.63) is 30.0 Å². The molecule has 4 heteroatoms. The molecule has 1 aromatic heterocycles. The predicted octanol–water partition coefficient (Wildman–Crippen LogP) is 1.52. The number of ether oxygens (including phenoxy) is 1. The first-order valence-corrected chi connectivity index (χ1v) is 7.84. The number of aromatic nitrogens is 1. The van der Waals surface area contributed by atoms with Crippen molar-refractivity contribution in [3.8, 4) is 5.75 Å². The number of benzene rings is 1. The molecule has 1 saturated heterocycles. The van der Waals surface area contributed by atoms with Crippen LogP contribution in [0.2, 0.25) is 0 Å². The number of likely N-dealkylation sites (tertiary alicyclic amines) is 1. The first-order valence-electron chi connectivity index (χ1n) is 7.84. The summed E-state index contributed by atoms with van der Waals surface area (Å²) in [6.07, 6.45) is 4.10. The molecule has 1 aliphatic heterocycles. The van der Waals surface area contributed by atoms with Gasteiger partial charge in [0.05, 0.1) is 20.2 Å². The summed E-state index contributed by atoms with van der Waals surface area (Å²) in [6, 6.07) is 5.94. The molecule has 4 nitrogen and oxygen atoms in total. The molecule has 0 aliphatic carbocycles. The van der Waals surface area contributed by atoms with Gasteiger partial charge in [0.25, 0.3) is 0 Å². The molecule has 3 atom stereocenters. The van der Waals surface area contributed by atoms with Crippen LogP contribution in [0.4, 0.5) is 0 Å². The van der Waals surface area contributed by atoms with Crippen molar-refractivity contribution >= 4 is 10.9 Å². The van der Waals surface area contributed by atoms with Crippen LogP contribution < -0.4 is 9.64 Å². The normalized spacial score (nSPS) is 24.1. The van der Waals surface area contributed by atoms with Gasteiger partial charge in [-0.15, -0.1) is 0 Å². The first-order chi connectivity index (χ1) is 10.2. The van der Waals surface area contributed by atoms with Gasteiger partial charge in [-0.05, 0) is 31.0 Å². The van der Waals surface area contributed by atoms with Crippen molar-refractivity contribution in [2.45, 2.75) is 25.9 Å². The smallest absolute Gasteiger partial charge is 0.130 e. The topological polar surface area (TPSA) is 49.7 Å². The highest BCUT2D eigenvalue weighted by Crippen LogP contribution is 2.27. The van der Waals surface area contributed by atoms with E-state index in [9.17, 15) is 5.11 Å². The highest BCUT2D eigenvalue weighted by molar-refractivity contribution is 5.85. The van der Waals surface area contributed by atoms with E-state index in [1.54, 1.807) is 7.11 Å². The Morgan fingerprint density at radius 3 is 3.10 bits per heavy atom. The Morgan fingerprint density at radius 1 is 1.48 bits per heavy atom. The zero-order chi connectivity index (χ0) is 14.8. The van der Waals surface area contributed by atoms with Gasteiger partial charge in [-0.3, -0.25) is 0 Å². The number of piperidine rings is 1. The Kier molecular flexibility index (Phi) is 4.17. The zero-order valence-corrected chi connectivity index (χ0v) is 12.9. The molecule has 1 unspecified atom stereocenters. The van der Waals surface area contributed by atoms with Gasteiger partial charge in [-0.25, -0.2) is 0 Å². The summed E-state index contributed by atoms with van der Waals surface area (Å²) >= 11 is 0. The molecule has 3 rings (SSSR count). The van der Waals surface area contributed by atoms with Crippen molar-refractivity contribution in [1.29, 1.82) is 0 Å². The van der Waals surface area contributed by atoms with Gasteiger partial charge >= 0.3 is 0 Å². The van der Waals surface area contributed by atoms with Crippen LogP contribution in [0.25, 0.3) is 10.9 Å². The molecule has 0 spiro atoms. The molecule has 0 saturated carbocycles. The molecule has 0 radical (unpaired) electrons. The summed E-state index contributed by atoms with van der Waals surface area (Å²) in [5.74, 6) is 1.60. The van der Waals surface area contributed by atoms with E-state index in [2.05, 4.69) is 11.9 Å². The third-order valence-corrected chi connectivity index (χ3v) is 4.63. The Hall–Kier alpha value is -1.52. The maximum atomic E-state index is 10.6. The lowest BCUT2D eigenvalue weighted by molar-refractivity contribution is -0.912. The van der Waals surface area contributed by atoms with Crippen LogP contribution in [0, 0.1) is 5.92 Å². The summed E-state index contributed by atoms with van der Waals surface area (Å²) in [6.45, 7) is 5.44. The van der Waals surface area contributed by atoms with E-state index >= 15 is 0 Å². The third kappa shape index (κ3) is 3.06. The minimum atomic E-state index is -0.425. The highest BCUT2D eigenvalue weighted by Gasteiger charge is 2.24.